The van der Waals surface area contributed by atoms with E-state index >= 15 is 0 Å². The molecule has 34 heavy (non-hydrogen) atoms. The normalized spacial score (nSPS) is 13.6. The van der Waals surface area contributed by atoms with Crippen LogP contribution in [-0.4, -0.2) is 14.3 Å². The van der Waals surface area contributed by atoms with E-state index in [1.54, 1.807) is 61.5 Å². The van der Waals surface area contributed by atoms with E-state index in [1.165, 1.54) is 0 Å². The number of carbonyl (C=O) groups excluding carboxylic acids is 1. The van der Waals surface area contributed by atoms with Crippen LogP contribution in [0.2, 0.25) is 0 Å². The smallest absolute Gasteiger partial charge is 0.272 e. The SMILES string of the molecule is Cc1cc(C)c(S(=O)(=O)N(C(=O)c2ccccc2)c2ccc3oc4c(c3c2)CCCC4)cc1C. The Morgan fingerprint density at radius 3 is 2.32 bits per heavy atom. The van der Waals surface area contributed by atoms with Gasteiger partial charge in [-0.3, -0.25) is 4.79 Å². The molecule has 3 aromatic carbocycles. The maximum Gasteiger partial charge on any atom is 0.272 e. The molecule has 0 unspecified atom stereocenters. The van der Waals surface area contributed by atoms with Crippen LogP contribution in [0.4, 0.5) is 5.69 Å². The Morgan fingerprint density at radius 1 is 0.853 bits per heavy atom. The lowest BCUT2D eigenvalue weighted by molar-refractivity contribution is 0.101. The van der Waals surface area contributed by atoms with Gasteiger partial charge in [-0.15, -0.1) is 0 Å². The van der Waals surface area contributed by atoms with Gasteiger partial charge in [-0.2, -0.15) is 4.31 Å². The zero-order chi connectivity index (χ0) is 24.0. The summed E-state index contributed by atoms with van der Waals surface area (Å²) in [4.78, 5) is 13.8. The van der Waals surface area contributed by atoms with Crippen molar-refractivity contribution in [3.8, 4) is 0 Å². The van der Waals surface area contributed by atoms with E-state index in [-0.39, 0.29) is 4.90 Å². The van der Waals surface area contributed by atoms with Crippen molar-refractivity contribution in [2.75, 3.05) is 4.31 Å². The predicted molar refractivity (Wildman–Crippen MR) is 134 cm³/mol. The molecule has 1 aliphatic carbocycles. The van der Waals surface area contributed by atoms with Gasteiger partial charge in [0.1, 0.15) is 11.3 Å². The molecule has 174 valence electrons. The summed E-state index contributed by atoms with van der Waals surface area (Å²) >= 11 is 0. The summed E-state index contributed by atoms with van der Waals surface area (Å²) in [6.45, 7) is 5.59. The molecule has 5 nitrogen and oxygen atoms in total. The first-order chi connectivity index (χ1) is 16.3. The molecule has 0 atom stereocenters. The fourth-order valence-corrected chi connectivity index (χ4v) is 6.45. The molecule has 5 rings (SSSR count). The molecule has 0 fully saturated rings. The summed E-state index contributed by atoms with van der Waals surface area (Å²) in [7, 11) is -4.19. The second-order valence-corrected chi connectivity index (χ2v) is 10.8. The topological polar surface area (TPSA) is 67.6 Å². The summed E-state index contributed by atoms with van der Waals surface area (Å²) in [5, 5.41) is 0.880. The van der Waals surface area contributed by atoms with Gasteiger partial charge in [0.2, 0.25) is 0 Å². The number of sulfonamides is 1. The number of aryl methyl sites for hydroxylation is 5. The van der Waals surface area contributed by atoms with E-state index in [2.05, 4.69) is 0 Å². The lowest BCUT2D eigenvalue weighted by Gasteiger charge is -2.24. The van der Waals surface area contributed by atoms with Crippen molar-refractivity contribution >= 4 is 32.6 Å². The molecule has 0 spiro atoms. The van der Waals surface area contributed by atoms with Crippen LogP contribution in [0, 0.1) is 20.8 Å². The second-order valence-electron chi connectivity index (χ2n) is 9.03. The minimum atomic E-state index is -4.19. The number of carbonyl (C=O) groups is 1. The van der Waals surface area contributed by atoms with E-state index in [1.807, 2.05) is 19.9 Å². The van der Waals surface area contributed by atoms with Crippen molar-refractivity contribution in [3.05, 3.63) is 94.2 Å². The van der Waals surface area contributed by atoms with Crippen molar-refractivity contribution < 1.29 is 17.6 Å². The van der Waals surface area contributed by atoms with Crippen molar-refractivity contribution in [1.82, 2.24) is 0 Å². The Balaban J connectivity index is 1.73. The monoisotopic (exact) mass is 473 g/mol. The number of nitrogens with zero attached hydrogens (tertiary/aromatic N) is 1. The molecular weight excluding hydrogens is 446 g/mol. The fourth-order valence-electron chi connectivity index (χ4n) is 4.75. The maximum atomic E-state index is 14.1. The predicted octanol–water partition coefficient (Wildman–Crippen LogP) is 6.27. The Hall–Kier alpha value is -3.38. The van der Waals surface area contributed by atoms with Gasteiger partial charge in [0.05, 0.1) is 10.6 Å². The Labute approximate surface area is 200 Å². The molecule has 1 amide bonds. The third-order valence-corrected chi connectivity index (χ3v) is 8.54. The van der Waals surface area contributed by atoms with E-state index in [0.717, 1.165) is 63.4 Å². The van der Waals surface area contributed by atoms with Gasteiger partial charge in [0.25, 0.3) is 15.9 Å². The number of hydrogen-bond acceptors (Lipinski definition) is 4. The molecule has 4 aromatic rings. The van der Waals surface area contributed by atoms with Crippen molar-refractivity contribution in [2.45, 2.75) is 51.3 Å². The van der Waals surface area contributed by atoms with Crippen LogP contribution >= 0.6 is 0 Å². The minimum Gasteiger partial charge on any atom is -0.461 e. The fraction of sp³-hybridized carbons (Fsp3) is 0.250. The molecule has 0 saturated carbocycles. The number of furan rings is 1. The van der Waals surface area contributed by atoms with Crippen LogP contribution in [0.3, 0.4) is 0 Å². The van der Waals surface area contributed by atoms with Crippen LogP contribution in [0.25, 0.3) is 11.0 Å². The number of anilines is 1. The van der Waals surface area contributed by atoms with E-state index in [0.29, 0.717) is 16.8 Å². The molecule has 0 aliphatic heterocycles. The second kappa shape index (κ2) is 8.44. The van der Waals surface area contributed by atoms with Gasteiger partial charge in [-0.05, 0) is 93.1 Å². The number of rotatable bonds is 4. The zero-order valence-corrected chi connectivity index (χ0v) is 20.4. The third kappa shape index (κ3) is 3.72. The molecule has 6 heteroatoms. The highest BCUT2D eigenvalue weighted by atomic mass is 32.2. The Morgan fingerprint density at radius 2 is 1.56 bits per heavy atom. The summed E-state index contributed by atoms with van der Waals surface area (Å²) in [5.41, 5.74) is 4.93. The number of fused-ring (bicyclic) bond motifs is 3. The number of benzene rings is 3. The van der Waals surface area contributed by atoms with Gasteiger partial charge < -0.3 is 4.42 Å². The molecule has 0 radical (unpaired) electrons. The van der Waals surface area contributed by atoms with Gasteiger partial charge in [-0.1, -0.05) is 24.3 Å². The largest absolute Gasteiger partial charge is 0.461 e. The van der Waals surface area contributed by atoms with E-state index in [9.17, 15) is 13.2 Å². The Bertz CT molecular complexity index is 1520. The molecule has 1 aromatic heterocycles. The summed E-state index contributed by atoms with van der Waals surface area (Å²) in [5.74, 6) is 0.377. The van der Waals surface area contributed by atoms with Crippen LogP contribution < -0.4 is 4.31 Å². The lowest BCUT2D eigenvalue weighted by atomic mass is 9.96. The average molecular weight is 474 g/mol. The highest BCUT2D eigenvalue weighted by Crippen LogP contribution is 2.36. The number of amides is 1. The van der Waals surface area contributed by atoms with Gasteiger partial charge in [0, 0.05) is 22.9 Å². The van der Waals surface area contributed by atoms with Crippen molar-refractivity contribution in [3.63, 3.8) is 0 Å². The molecule has 0 bridgehead atoms. The van der Waals surface area contributed by atoms with Gasteiger partial charge in [-0.25, -0.2) is 8.42 Å². The average Bonchev–Trinajstić information content (AvgIpc) is 3.20. The van der Waals surface area contributed by atoms with Crippen LogP contribution in [0.5, 0.6) is 0 Å². The quantitative estimate of drug-likeness (QED) is 0.350. The highest BCUT2D eigenvalue weighted by molar-refractivity contribution is 7.93. The van der Waals surface area contributed by atoms with Crippen LogP contribution in [-0.2, 0) is 22.9 Å². The standard InChI is InChI=1S/C28H27NO4S/c1-18-15-20(3)27(16-19(18)2)34(31,32)29(28(30)21-9-5-4-6-10-21)22-13-14-26-24(17-22)23-11-7-8-12-25(23)33-26/h4-6,9-10,13-17H,7-8,11-12H2,1-3H3. The molecular formula is C28H27NO4S. The minimum absolute atomic E-state index is 0.134. The van der Waals surface area contributed by atoms with E-state index in [4.69, 9.17) is 4.42 Å². The first-order valence-corrected chi connectivity index (χ1v) is 13.0. The zero-order valence-electron chi connectivity index (χ0n) is 19.6. The third-order valence-electron chi connectivity index (χ3n) is 6.69. The summed E-state index contributed by atoms with van der Waals surface area (Å²) in [6, 6.07) is 17.3. The first-order valence-electron chi connectivity index (χ1n) is 11.5. The van der Waals surface area contributed by atoms with E-state index < -0.39 is 15.9 Å². The summed E-state index contributed by atoms with van der Waals surface area (Å²) < 4.78 is 35.1. The number of hydrogen-bond donors (Lipinski definition) is 0. The highest BCUT2D eigenvalue weighted by Gasteiger charge is 2.34. The molecule has 1 heterocycles. The molecule has 1 aliphatic rings. The summed E-state index contributed by atoms with van der Waals surface area (Å²) in [6.07, 6.45) is 3.92. The van der Waals surface area contributed by atoms with Gasteiger partial charge in [0.15, 0.2) is 0 Å². The molecule has 0 saturated heterocycles. The van der Waals surface area contributed by atoms with Gasteiger partial charge >= 0.3 is 0 Å². The van der Waals surface area contributed by atoms with Crippen molar-refractivity contribution in [1.29, 1.82) is 0 Å². The lowest BCUT2D eigenvalue weighted by Crippen LogP contribution is -2.37. The Kier molecular flexibility index (Phi) is 5.56. The maximum absolute atomic E-state index is 14.1. The van der Waals surface area contributed by atoms with Crippen LogP contribution in [0.15, 0.2) is 70.0 Å². The van der Waals surface area contributed by atoms with Crippen molar-refractivity contribution in [2.24, 2.45) is 0 Å². The molecule has 0 N–H and O–H groups in total. The first kappa shape index (κ1) is 22.4. The van der Waals surface area contributed by atoms with Crippen LogP contribution in [0.1, 0.15) is 51.2 Å².